The molecular weight excluding hydrogens is 278 g/mol. The van der Waals surface area contributed by atoms with Gasteiger partial charge in [-0.25, -0.2) is 0 Å². The second-order valence-corrected chi connectivity index (χ2v) is 8.11. The smallest absolute Gasteiger partial charge is 0.0931 e. The Morgan fingerprint density at radius 3 is 3.05 bits per heavy atom. The summed E-state index contributed by atoms with van der Waals surface area (Å²) in [6.07, 6.45) is 4.07. The third kappa shape index (κ3) is 2.58. The molecule has 0 radical (unpaired) electrons. The topological polar surface area (TPSA) is 21.3 Å². The van der Waals surface area contributed by atoms with Crippen molar-refractivity contribution in [3.63, 3.8) is 0 Å². The number of hydrogen-bond donors (Lipinski definition) is 1. The van der Waals surface area contributed by atoms with E-state index in [1.54, 1.807) is 11.3 Å². The fourth-order valence-corrected chi connectivity index (χ4v) is 4.86. The Morgan fingerprint density at radius 2 is 2.32 bits per heavy atom. The van der Waals surface area contributed by atoms with Crippen LogP contribution in [-0.4, -0.2) is 25.3 Å². The molecule has 3 unspecified atom stereocenters. The molecule has 0 amide bonds. The van der Waals surface area contributed by atoms with Crippen LogP contribution in [0.5, 0.6) is 0 Å². The van der Waals surface area contributed by atoms with E-state index >= 15 is 0 Å². The SMILES string of the molecule is CC1(C)C(NCCc2ccc(Cl)s2)C2CCCOC21. The molecule has 1 N–H and O–H groups in total. The quantitative estimate of drug-likeness (QED) is 0.914. The van der Waals surface area contributed by atoms with Gasteiger partial charge in [-0.2, -0.15) is 0 Å². The van der Waals surface area contributed by atoms with Gasteiger partial charge >= 0.3 is 0 Å². The zero-order valence-electron chi connectivity index (χ0n) is 11.6. The van der Waals surface area contributed by atoms with Crippen LogP contribution in [-0.2, 0) is 11.2 Å². The molecule has 1 aliphatic carbocycles. The van der Waals surface area contributed by atoms with Gasteiger partial charge in [0.15, 0.2) is 0 Å². The lowest BCUT2D eigenvalue weighted by Crippen LogP contribution is -2.69. The summed E-state index contributed by atoms with van der Waals surface area (Å²) in [6.45, 7) is 6.65. The third-order valence-electron chi connectivity index (χ3n) is 4.70. The van der Waals surface area contributed by atoms with Crippen molar-refractivity contribution < 1.29 is 4.74 Å². The first-order valence-electron chi connectivity index (χ1n) is 7.18. The summed E-state index contributed by atoms with van der Waals surface area (Å²) in [5.74, 6) is 0.718. The molecule has 2 aliphatic rings. The Hall–Kier alpha value is -0.0900. The molecule has 2 fully saturated rings. The summed E-state index contributed by atoms with van der Waals surface area (Å²) >= 11 is 7.65. The van der Waals surface area contributed by atoms with Crippen LogP contribution in [0.1, 0.15) is 31.6 Å². The Kier molecular flexibility index (Phi) is 3.91. The Balaban J connectivity index is 1.52. The highest BCUT2D eigenvalue weighted by atomic mass is 35.5. The van der Waals surface area contributed by atoms with Crippen molar-refractivity contribution in [1.82, 2.24) is 5.32 Å². The molecule has 0 spiro atoms. The summed E-state index contributed by atoms with van der Waals surface area (Å²) in [4.78, 5) is 1.37. The molecule has 106 valence electrons. The van der Waals surface area contributed by atoms with Gasteiger partial charge < -0.3 is 10.1 Å². The van der Waals surface area contributed by atoms with Crippen LogP contribution in [0, 0.1) is 11.3 Å². The number of thiophene rings is 1. The van der Waals surface area contributed by atoms with Crippen LogP contribution in [0.15, 0.2) is 12.1 Å². The molecule has 3 rings (SSSR count). The number of halogens is 1. The van der Waals surface area contributed by atoms with E-state index in [-0.39, 0.29) is 5.41 Å². The van der Waals surface area contributed by atoms with E-state index in [0.29, 0.717) is 12.1 Å². The zero-order valence-corrected chi connectivity index (χ0v) is 13.2. The third-order valence-corrected chi connectivity index (χ3v) is 5.99. The highest BCUT2D eigenvalue weighted by Gasteiger charge is 2.57. The highest BCUT2D eigenvalue weighted by molar-refractivity contribution is 7.16. The molecule has 1 saturated carbocycles. The van der Waals surface area contributed by atoms with Crippen LogP contribution in [0.4, 0.5) is 0 Å². The summed E-state index contributed by atoms with van der Waals surface area (Å²) in [6, 6.07) is 4.72. The molecule has 19 heavy (non-hydrogen) atoms. The largest absolute Gasteiger partial charge is 0.377 e. The van der Waals surface area contributed by atoms with Gasteiger partial charge in [-0.15, -0.1) is 11.3 Å². The van der Waals surface area contributed by atoms with Crippen LogP contribution in [0.25, 0.3) is 0 Å². The average molecular weight is 300 g/mol. The summed E-state index contributed by atoms with van der Waals surface area (Å²) in [5, 5.41) is 3.75. The van der Waals surface area contributed by atoms with Gasteiger partial charge in [-0.1, -0.05) is 25.4 Å². The lowest BCUT2D eigenvalue weighted by Gasteiger charge is -2.60. The van der Waals surface area contributed by atoms with Crippen LogP contribution in [0.2, 0.25) is 4.34 Å². The van der Waals surface area contributed by atoms with E-state index in [1.165, 1.54) is 17.7 Å². The maximum Gasteiger partial charge on any atom is 0.0931 e. The monoisotopic (exact) mass is 299 g/mol. The van der Waals surface area contributed by atoms with Gasteiger partial charge in [0.05, 0.1) is 10.4 Å². The fourth-order valence-electron chi connectivity index (χ4n) is 3.77. The predicted octanol–water partition coefficient (Wildman–Crippen LogP) is 3.74. The second kappa shape index (κ2) is 5.36. The first kappa shape index (κ1) is 13.9. The molecular formula is C15H22ClNOS. The van der Waals surface area contributed by atoms with E-state index in [1.807, 2.05) is 6.07 Å². The minimum absolute atomic E-state index is 0.276. The molecule has 2 heterocycles. The normalized spacial score (nSPS) is 32.7. The van der Waals surface area contributed by atoms with E-state index in [0.717, 1.165) is 29.8 Å². The van der Waals surface area contributed by atoms with Crippen molar-refractivity contribution in [1.29, 1.82) is 0 Å². The van der Waals surface area contributed by atoms with E-state index < -0.39 is 0 Å². The number of nitrogens with one attached hydrogen (secondary N) is 1. The maximum absolute atomic E-state index is 5.96. The van der Waals surface area contributed by atoms with Gasteiger partial charge in [-0.05, 0) is 31.4 Å². The van der Waals surface area contributed by atoms with Crippen LogP contribution < -0.4 is 5.32 Å². The highest BCUT2D eigenvalue weighted by Crippen LogP contribution is 2.51. The van der Waals surface area contributed by atoms with Gasteiger partial charge in [0, 0.05) is 35.4 Å². The Bertz CT molecular complexity index is 445. The van der Waals surface area contributed by atoms with Crippen LogP contribution >= 0.6 is 22.9 Å². The summed E-state index contributed by atoms with van der Waals surface area (Å²) in [7, 11) is 0. The maximum atomic E-state index is 5.96. The van der Waals surface area contributed by atoms with E-state index in [2.05, 4.69) is 25.2 Å². The van der Waals surface area contributed by atoms with Crippen molar-refractivity contribution >= 4 is 22.9 Å². The Labute approximate surface area is 124 Å². The predicted molar refractivity (Wildman–Crippen MR) is 81.1 cm³/mol. The second-order valence-electron chi connectivity index (χ2n) is 6.31. The molecule has 1 saturated heterocycles. The lowest BCUT2D eigenvalue weighted by atomic mass is 9.55. The van der Waals surface area contributed by atoms with Crippen molar-refractivity contribution in [2.24, 2.45) is 11.3 Å². The first-order valence-corrected chi connectivity index (χ1v) is 8.37. The molecule has 1 aromatic rings. The molecule has 4 heteroatoms. The van der Waals surface area contributed by atoms with E-state index in [9.17, 15) is 0 Å². The van der Waals surface area contributed by atoms with Crippen molar-refractivity contribution in [3.05, 3.63) is 21.3 Å². The Morgan fingerprint density at radius 1 is 1.47 bits per heavy atom. The fraction of sp³-hybridized carbons (Fsp3) is 0.733. The number of ether oxygens (including phenoxy) is 1. The number of hydrogen-bond acceptors (Lipinski definition) is 3. The van der Waals surface area contributed by atoms with Gasteiger partial charge in [0.2, 0.25) is 0 Å². The molecule has 1 aromatic heterocycles. The standard InChI is InChI=1S/C15H22ClNOS/c1-15(2)13(11-4-3-9-18-14(11)15)17-8-7-10-5-6-12(16)19-10/h5-6,11,13-14,17H,3-4,7-9H2,1-2H3. The summed E-state index contributed by atoms with van der Waals surface area (Å²) in [5.41, 5.74) is 0.276. The van der Waals surface area contributed by atoms with Crippen molar-refractivity contribution in [2.45, 2.75) is 45.3 Å². The average Bonchev–Trinajstić information content (AvgIpc) is 2.80. The molecule has 1 aliphatic heterocycles. The summed E-state index contributed by atoms with van der Waals surface area (Å²) < 4.78 is 6.82. The molecule has 0 bridgehead atoms. The molecule has 0 aromatic carbocycles. The lowest BCUT2D eigenvalue weighted by molar-refractivity contribution is -0.192. The first-order chi connectivity index (χ1) is 9.09. The van der Waals surface area contributed by atoms with E-state index in [4.69, 9.17) is 16.3 Å². The molecule has 2 nitrogen and oxygen atoms in total. The van der Waals surface area contributed by atoms with Gasteiger partial charge in [0.25, 0.3) is 0 Å². The zero-order chi connectivity index (χ0) is 13.5. The number of fused-ring (bicyclic) bond motifs is 1. The minimum atomic E-state index is 0.276. The minimum Gasteiger partial charge on any atom is -0.377 e. The van der Waals surface area contributed by atoms with Gasteiger partial charge in [-0.3, -0.25) is 0 Å². The van der Waals surface area contributed by atoms with Gasteiger partial charge in [0.1, 0.15) is 0 Å². The van der Waals surface area contributed by atoms with Crippen LogP contribution in [0.3, 0.4) is 0 Å². The van der Waals surface area contributed by atoms with Crippen molar-refractivity contribution in [2.75, 3.05) is 13.2 Å². The number of rotatable bonds is 4. The molecule has 3 atom stereocenters. The van der Waals surface area contributed by atoms with Crippen molar-refractivity contribution in [3.8, 4) is 0 Å².